The lowest BCUT2D eigenvalue weighted by Gasteiger charge is -2.17. The summed E-state index contributed by atoms with van der Waals surface area (Å²) in [5, 5.41) is 6.52. The number of guanidine groups is 1. The van der Waals surface area contributed by atoms with E-state index < -0.39 is 0 Å². The lowest BCUT2D eigenvalue weighted by Crippen LogP contribution is -2.42. The number of hydrogen-bond acceptors (Lipinski definition) is 4. The lowest BCUT2D eigenvalue weighted by molar-refractivity contribution is 0.105. The number of aliphatic imine (C=N–C) groups is 1. The smallest absolute Gasteiger partial charge is 0.191 e. The first-order chi connectivity index (χ1) is 12.3. The summed E-state index contributed by atoms with van der Waals surface area (Å²) in [5.41, 5.74) is 0. The molecule has 2 aromatic rings. The van der Waals surface area contributed by atoms with Crippen molar-refractivity contribution in [3.05, 3.63) is 54.5 Å². The fourth-order valence-corrected chi connectivity index (χ4v) is 2.18. The Morgan fingerprint density at radius 1 is 1.16 bits per heavy atom. The fraction of sp³-hybridized carbons (Fsp3) is 0.421. The topological polar surface area (TPSA) is 68.0 Å². The van der Waals surface area contributed by atoms with E-state index in [2.05, 4.69) is 15.6 Å². The van der Waals surface area contributed by atoms with Crippen LogP contribution in [0.25, 0.3) is 0 Å². The minimum atomic E-state index is 0.0394. The molecule has 2 N–H and O–H groups in total. The van der Waals surface area contributed by atoms with Gasteiger partial charge in [0.05, 0.1) is 12.8 Å². The molecule has 0 bridgehead atoms. The zero-order valence-corrected chi connectivity index (χ0v) is 14.9. The fourth-order valence-electron chi connectivity index (χ4n) is 2.18. The van der Waals surface area contributed by atoms with Gasteiger partial charge in [0.1, 0.15) is 24.2 Å². The number of rotatable bonds is 10. The molecule has 6 nitrogen and oxygen atoms in total. The molecule has 6 heteroatoms. The Balaban J connectivity index is 1.54. The number of furan rings is 1. The van der Waals surface area contributed by atoms with Gasteiger partial charge >= 0.3 is 0 Å². The van der Waals surface area contributed by atoms with Crippen LogP contribution in [0, 0.1) is 0 Å². The van der Waals surface area contributed by atoms with Gasteiger partial charge in [-0.25, -0.2) is 0 Å². The van der Waals surface area contributed by atoms with Gasteiger partial charge in [0, 0.05) is 20.2 Å². The van der Waals surface area contributed by atoms with Crippen molar-refractivity contribution in [2.24, 2.45) is 4.99 Å². The van der Waals surface area contributed by atoms with Crippen LogP contribution in [-0.4, -0.2) is 38.8 Å². The Bertz CT molecular complexity index is 600. The van der Waals surface area contributed by atoms with Gasteiger partial charge in [0.15, 0.2) is 5.96 Å². The van der Waals surface area contributed by atoms with Crippen LogP contribution in [0.1, 0.15) is 19.1 Å². The maximum atomic E-state index is 5.83. The summed E-state index contributed by atoms with van der Waals surface area (Å²) < 4.78 is 16.6. The van der Waals surface area contributed by atoms with Gasteiger partial charge in [-0.1, -0.05) is 18.2 Å². The van der Waals surface area contributed by atoms with Gasteiger partial charge in [-0.05, 0) is 37.6 Å². The Morgan fingerprint density at radius 3 is 2.72 bits per heavy atom. The quantitative estimate of drug-likeness (QED) is 0.394. The molecule has 25 heavy (non-hydrogen) atoms. The maximum absolute atomic E-state index is 5.83. The van der Waals surface area contributed by atoms with Crippen LogP contribution < -0.4 is 15.4 Å². The predicted octanol–water partition coefficient (Wildman–Crippen LogP) is 2.82. The lowest BCUT2D eigenvalue weighted by atomic mass is 10.3. The van der Waals surface area contributed by atoms with Crippen LogP contribution in [0.3, 0.4) is 0 Å². The predicted molar refractivity (Wildman–Crippen MR) is 98.9 cm³/mol. The Morgan fingerprint density at radius 2 is 2.00 bits per heavy atom. The van der Waals surface area contributed by atoms with Gasteiger partial charge in [-0.15, -0.1) is 0 Å². The number of ether oxygens (including phenoxy) is 2. The average Bonchev–Trinajstić information content (AvgIpc) is 3.15. The summed E-state index contributed by atoms with van der Waals surface area (Å²) in [4.78, 5) is 4.21. The van der Waals surface area contributed by atoms with E-state index in [1.54, 1.807) is 13.3 Å². The number of benzene rings is 1. The number of nitrogens with zero attached hydrogens (tertiary/aromatic N) is 1. The SMILES string of the molecule is CN=C(NCCCOCc1ccco1)NCC(C)Oc1ccccc1. The van der Waals surface area contributed by atoms with Gasteiger partial charge < -0.3 is 24.5 Å². The number of hydrogen-bond donors (Lipinski definition) is 2. The first kappa shape index (κ1) is 18.9. The zero-order chi connectivity index (χ0) is 17.7. The van der Waals surface area contributed by atoms with Crippen molar-refractivity contribution in [2.45, 2.75) is 26.1 Å². The molecule has 1 aromatic heterocycles. The number of nitrogens with one attached hydrogen (secondary N) is 2. The molecule has 0 saturated heterocycles. The Hall–Kier alpha value is -2.47. The summed E-state index contributed by atoms with van der Waals surface area (Å²) in [6, 6.07) is 13.6. The van der Waals surface area contributed by atoms with Crippen molar-refractivity contribution in [1.29, 1.82) is 0 Å². The van der Waals surface area contributed by atoms with Crippen LogP contribution in [0.4, 0.5) is 0 Å². The highest BCUT2D eigenvalue weighted by Gasteiger charge is 2.05. The second-order valence-electron chi connectivity index (χ2n) is 5.61. The third-order valence-electron chi connectivity index (χ3n) is 3.44. The first-order valence-electron chi connectivity index (χ1n) is 8.54. The molecule has 0 radical (unpaired) electrons. The van der Waals surface area contributed by atoms with Crippen molar-refractivity contribution in [2.75, 3.05) is 26.7 Å². The average molecular weight is 345 g/mol. The summed E-state index contributed by atoms with van der Waals surface area (Å²) in [6.07, 6.45) is 2.58. The molecule has 2 rings (SSSR count). The molecule has 1 heterocycles. The molecule has 0 aliphatic rings. The van der Waals surface area contributed by atoms with E-state index >= 15 is 0 Å². The summed E-state index contributed by atoms with van der Waals surface area (Å²) in [7, 11) is 1.76. The van der Waals surface area contributed by atoms with E-state index in [4.69, 9.17) is 13.9 Å². The van der Waals surface area contributed by atoms with Gasteiger partial charge in [-0.3, -0.25) is 4.99 Å². The highest BCUT2D eigenvalue weighted by molar-refractivity contribution is 5.79. The van der Waals surface area contributed by atoms with Crippen LogP contribution in [0.5, 0.6) is 5.75 Å². The van der Waals surface area contributed by atoms with Crippen LogP contribution in [0.2, 0.25) is 0 Å². The highest BCUT2D eigenvalue weighted by Crippen LogP contribution is 2.10. The van der Waals surface area contributed by atoms with Crippen LogP contribution in [0.15, 0.2) is 58.1 Å². The second-order valence-corrected chi connectivity index (χ2v) is 5.61. The minimum absolute atomic E-state index is 0.0394. The van der Waals surface area contributed by atoms with E-state index in [0.29, 0.717) is 19.8 Å². The largest absolute Gasteiger partial charge is 0.489 e. The third kappa shape index (κ3) is 7.76. The standard InChI is InChI=1S/C19H27N3O3/c1-16(25-17-8-4-3-5-9-17)14-22-19(20-2)21-11-7-12-23-15-18-10-6-13-24-18/h3-6,8-10,13,16H,7,11-12,14-15H2,1-2H3,(H2,20,21,22). The second kappa shape index (κ2) is 11.1. The third-order valence-corrected chi connectivity index (χ3v) is 3.44. The molecule has 0 fully saturated rings. The minimum Gasteiger partial charge on any atom is -0.489 e. The molecule has 0 aliphatic heterocycles. The summed E-state index contributed by atoms with van der Waals surface area (Å²) >= 11 is 0. The first-order valence-corrected chi connectivity index (χ1v) is 8.54. The van der Waals surface area contributed by atoms with Gasteiger partial charge in [-0.2, -0.15) is 0 Å². The molecule has 1 atom stereocenters. The molecule has 1 aromatic carbocycles. The van der Waals surface area contributed by atoms with Crippen LogP contribution >= 0.6 is 0 Å². The monoisotopic (exact) mass is 345 g/mol. The molecule has 1 unspecified atom stereocenters. The molecule has 0 aliphatic carbocycles. The molecule has 0 spiro atoms. The van der Waals surface area contributed by atoms with Crippen LogP contribution in [-0.2, 0) is 11.3 Å². The van der Waals surface area contributed by atoms with Crippen molar-refractivity contribution < 1.29 is 13.9 Å². The van der Waals surface area contributed by atoms with Crippen molar-refractivity contribution in [3.8, 4) is 5.75 Å². The molecule has 0 amide bonds. The molecular formula is C19H27N3O3. The molecule has 0 saturated carbocycles. The van der Waals surface area contributed by atoms with Crippen molar-refractivity contribution in [3.63, 3.8) is 0 Å². The Labute approximate surface area is 149 Å². The zero-order valence-electron chi connectivity index (χ0n) is 14.9. The van der Waals surface area contributed by atoms with E-state index in [0.717, 1.165) is 30.4 Å². The van der Waals surface area contributed by atoms with E-state index in [1.807, 2.05) is 49.4 Å². The highest BCUT2D eigenvalue weighted by atomic mass is 16.5. The Kier molecular flexibility index (Phi) is 8.41. The summed E-state index contributed by atoms with van der Waals surface area (Å²) in [6.45, 7) is 4.65. The summed E-state index contributed by atoms with van der Waals surface area (Å²) in [5.74, 6) is 2.47. The number of para-hydroxylation sites is 1. The molecular weight excluding hydrogens is 318 g/mol. The molecule has 136 valence electrons. The maximum Gasteiger partial charge on any atom is 0.191 e. The van der Waals surface area contributed by atoms with E-state index in [-0.39, 0.29) is 6.10 Å². The van der Waals surface area contributed by atoms with Gasteiger partial charge in [0.25, 0.3) is 0 Å². The van der Waals surface area contributed by atoms with Gasteiger partial charge in [0.2, 0.25) is 0 Å². The normalized spacial score (nSPS) is 12.6. The van der Waals surface area contributed by atoms with Crippen molar-refractivity contribution >= 4 is 5.96 Å². The van der Waals surface area contributed by atoms with Crippen molar-refractivity contribution in [1.82, 2.24) is 10.6 Å². The van der Waals surface area contributed by atoms with E-state index in [9.17, 15) is 0 Å². The van der Waals surface area contributed by atoms with E-state index in [1.165, 1.54) is 0 Å².